The number of pyridine rings is 1. The van der Waals surface area contributed by atoms with E-state index in [1.54, 1.807) is 30.5 Å². The predicted octanol–water partition coefficient (Wildman–Crippen LogP) is 3.85. The fraction of sp³-hybridized carbons (Fsp3) is 0.182. The number of rotatable bonds is 8. The van der Waals surface area contributed by atoms with E-state index >= 15 is 0 Å². The minimum Gasteiger partial charge on any atom is -0.370 e. The van der Waals surface area contributed by atoms with Crippen molar-refractivity contribution in [3.8, 4) is 0 Å². The van der Waals surface area contributed by atoms with Crippen molar-refractivity contribution in [2.45, 2.75) is 12.8 Å². The number of nitrogens with zero attached hydrogens (tertiary/aromatic N) is 1. The Morgan fingerprint density at radius 3 is 2.26 bits per heavy atom. The summed E-state index contributed by atoms with van der Waals surface area (Å²) in [5.74, 6) is 0.320. The summed E-state index contributed by atoms with van der Waals surface area (Å²) in [6, 6.07) is 20.1. The zero-order chi connectivity index (χ0) is 18.9. The Labute approximate surface area is 158 Å². The molecule has 0 unspecified atom stereocenters. The first kappa shape index (κ1) is 18.6. The molecular formula is C22H22FN3O. The van der Waals surface area contributed by atoms with Gasteiger partial charge in [-0.15, -0.1) is 0 Å². The number of hydrogen-bond acceptors (Lipinski definition) is 3. The van der Waals surface area contributed by atoms with Gasteiger partial charge in [-0.05, 0) is 48.2 Å². The van der Waals surface area contributed by atoms with Crippen molar-refractivity contribution in [2.75, 3.05) is 18.4 Å². The number of hydrogen-bond donors (Lipinski definition) is 2. The molecule has 0 bridgehead atoms. The molecule has 0 aliphatic heterocycles. The fourth-order valence-corrected chi connectivity index (χ4v) is 2.69. The summed E-state index contributed by atoms with van der Waals surface area (Å²) in [6.45, 7) is 1.27. The third-order valence-corrected chi connectivity index (χ3v) is 4.20. The van der Waals surface area contributed by atoms with Gasteiger partial charge in [0.25, 0.3) is 5.91 Å². The number of anilines is 1. The van der Waals surface area contributed by atoms with Crippen molar-refractivity contribution in [3.05, 3.63) is 95.4 Å². The average molecular weight is 363 g/mol. The Kier molecular flexibility index (Phi) is 6.52. The Balaban J connectivity index is 1.42. The van der Waals surface area contributed by atoms with E-state index in [4.69, 9.17) is 0 Å². The van der Waals surface area contributed by atoms with Crippen LogP contribution in [0.3, 0.4) is 0 Å². The molecule has 1 amide bonds. The largest absolute Gasteiger partial charge is 0.370 e. The molecule has 2 aromatic carbocycles. The summed E-state index contributed by atoms with van der Waals surface area (Å²) in [5.41, 5.74) is 2.76. The summed E-state index contributed by atoms with van der Waals surface area (Å²) >= 11 is 0. The van der Waals surface area contributed by atoms with Gasteiger partial charge in [-0.1, -0.05) is 42.5 Å². The number of benzene rings is 2. The quantitative estimate of drug-likeness (QED) is 0.639. The first-order valence-corrected chi connectivity index (χ1v) is 8.97. The number of carbonyl (C=O) groups excluding carboxylic acids is 1. The molecule has 2 N–H and O–H groups in total. The maximum absolute atomic E-state index is 12.9. The number of nitrogens with one attached hydrogen (secondary N) is 2. The van der Waals surface area contributed by atoms with Crippen LogP contribution in [0.25, 0.3) is 0 Å². The van der Waals surface area contributed by atoms with Crippen LogP contribution < -0.4 is 10.6 Å². The van der Waals surface area contributed by atoms with Crippen LogP contribution in [0.15, 0.2) is 72.9 Å². The summed E-state index contributed by atoms with van der Waals surface area (Å²) in [5, 5.41) is 6.11. The SMILES string of the molecule is O=C(NCCc1ccc(F)cc1)c1ccc(NCCc2ccccc2)nc1. The summed E-state index contributed by atoms with van der Waals surface area (Å²) in [4.78, 5) is 16.5. The van der Waals surface area contributed by atoms with Crippen LogP contribution in [-0.2, 0) is 12.8 Å². The molecule has 27 heavy (non-hydrogen) atoms. The second-order valence-corrected chi connectivity index (χ2v) is 6.23. The van der Waals surface area contributed by atoms with Gasteiger partial charge in [0.15, 0.2) is 0 Å². The fourth-order valence-electron chi connectivity index (χ4n) is 2.69. The number of carbonyl (C=O) groups is 1. The second kappa shape index (κ2) is 9.48. The van der Waals surface area contributed by atoms with E-state index in [0.29, 0.717) is 18.5 Å². The standard InChI is InChI=1S/C22H22FN3O/c23-20-9-6-18(7-10-20)13-15-25-22(27)19-8-11-21(26-16-19)24-14-12-17-4-2-1-3-5-17/h1-11,16H,12-15H2,(H,24,26)(H,25,27). The Hall–Kier alpha value is -3.21. The minimum absolute atomic E-state index is 0.166. The molecule has 0 radical (unpaired) electrons. The molecule has 4 nitrogen and oxygen atoms in total. The molecule has 3 rings (SSSR count). The zero-order valence-electron chi connectivity index (χ0n) is 15.0. The van der Waals surface area contributed by atoms with Crippen molar-refractivity contribution in [2.24, 2.45) is 0 Å². The normalized spacial score (nSPS) is 10.4. The lowest BCUT2D eigenvalue weighted by Crippen LogP contribution is -2.25. The molecule has 0 spiro atoms. The molecule has 0 saturated carbocycles. The average Bonchev–Trinajstić information content (AvgIpc) is 2.71. The van der Waals surface area contributed by atoms with E-state index < -0.39 is 0 Å². The summed E-state index contributed by atoms with van der Waals surface area (Å²) < 4.78 is 12.9. The van der Waals surface area contributed by atoms with E-state index in [-0.39, 0.29) is 11.7 Å². The Morgan fingerprint density at radius 2 is 1.56 bits per heavy atom. The molecule has 0 fully saturated rings. The number of aromatic nitrogens is 1. The van der Waals surface area contributed by atoms with E-state index in [0.717, 1.165) is 24.3 Å². The molecular weight excluding hydrogens is 341 g/mol. The van der Waals surface area contributed by atoms with Crippen LogP contribution in [0, 0.1) is 5.82 Å². The third kappa shape index (κ3) is 5.92. The predicted molar refractivity (Wildman–Crippen MR) is 105 cm³/mol. The van der Waals surface area contributed by atoms with Crippen LogP contribution >= 0.6 is 0 Å². The maximum atomic E-state index is 12.9. The minimum atomic E-state index is -0.258. The first-order valence-electron chi connectivity index (χ1n) is 8.97. The highest BCUT2D eigenvalue weighted by molar-refractivity contribution is 5.94. The first-order chi connectivity index (χ1) is 13.2. The van der Waals surface area contributed by atoms with Gasteiger partial charge in [-0.3, -0.25) is 4.79 Å². The molecule has 0 aliphatic rings. The van der Waals surface area contributed by atoms with Crippen molar-refractivity contribution in [1.29, 1.82) is 0 Å². The van der Waals surface area contributed by atoms with E-state index in [1.165, 1.54) is 17.7 Å². The van der Waals surface area contributed by atoms with E-state index in [9.17, 15) is 9.18 Å². The van der Waals surface area contributed by atoms with Gasteiger partial charge in [-0.25, -0.2) is 9.37 Å². The summed E-state index contributed by atoms with van der Waals surface area (Å²) in [6.07, 6.45) is 3.13. The molecule has 1 aromatic heterocycles. The van der Waals surface area contributed by atoms with Gasteiger partial charge in [-0.2, -0.15) is 0 Å². The number of halogens is 1. The van der Waals surface area contributed by atoms with Crippen molar-refractivity contribution < 1.29 is 9.18 Å². The zero-order valence-corrected chi connectivity index (χ0v) is 15.0. The van der Waals surface area contributed by atoms with Crippen LogP contribution in [0.4, 0.5) is 10.2 Å². The van der Waals surface area contributed by atoms with Gasteiger partial charge >= 0.3 is 0 Å². The van der Waals surface area contributed by atoms with Crippen LogP contribution in [0.5, 0.6) is 0 Å². The van der Waals surface area contributed by atoms with Crippen LogP contribution in [0.1, 0.15) is 21.5 Å². The van der Waals surface area contributed by atoms with Crippen LogP contribution in [0.2, 0.25) is 0 Å². The smallest absolute Gasteiger partial charge is 0.252 e. The monoisotopic (exact) mass is 363 g/mol. The van der Waals surface area contributed by atoms with Crippen molar-refractivity contribution in [1.82, 2.24) is 10.3 Å². The molecule has 0 atom stereocenters. The highest BCUT2D eigenvalue weighted by Crippen LogP contribution is 2.07. The number of amides is 1. The van der Waals surface area contributed by atoms with Gasteiger partial charge in [0.05, 0.1) is 5.56 Å². The van der Waals surface area contributed by atoms with Crippen LogP contribution in [-0.4, -0.2) is 24.0 Å². The van der Waals surface area contributed by atoms with Gasteiger partial charge < -0.3 is 10.6 Å². The van der Waals surface area contributed by atoms with Crippen molar-refractivity contribution >= 4 is 11.7 Å². The molecule has 1 heterocycles. The molecule has 0 saturated heterocycles. The molecule has 138 valence electrons. The lowest BCUT2D eigenvalue weighted by Gasteiger charge is -2.08. The maximum Gasteiger partial charge on any atom is 0.252 e. The van der Waals surface area contributed by atoms with Crippen molar-refractivity contribution in [3.63, 3.8) is 0 Å². The Bertz CT molecular complexity index is 849. The van der Waals surface area contributed by atoms with Gasteiger partial charge in [0.1, 0.15) is 11.6 Å². The summed E-state index contributed by atoms with van der Waals surface area (Å²) in [7, 11) is 0. The Morgan fingerprint density at radius 1 is 0.852 bits per heavy atom. The van der Waals surface area contributed by atoms with Gasteiger partial charge in [0.2, 0.25) is 0 Å². The topological polar surface area (TPSA) is 54.0 Å². The van der Waals surface area contributed by atoms with E-state index in [2.05, 4.69) is 27.8 Å². The van der Waals surface area contributed by atoms with E-state index in [1.807, 2.05) is 18.2 Å². The highest BCUT2D eigenvalue weighted by atomic mass is 19.1. The lowest BCUT2D eigenvalue weighted by atomic mass is 10.1. The lowest BCUT2D eigenvalue weighted by molar-refractivity contribution is 0.0954. The molecule has 3 aromatic rings. The molecule has 0 aliphatic carbocycles. The third-order valence-electron chi connectivity index (χ3n) is 4.20. The van der Waals surface area contributed by atoms with Gasteiger partial charge in [0, 0.05) is 19.3 Å². The second-order valence-electron chi connectivity index (χ2n) is 6.23. The highest BCUT2D eigenvalue weighted by Gasteiger charge is 2.06. The molecule has 5 heteroatoms.